The normalized spacial score (nSPS) is 14.2. The molecule has 0 amide bonds. The second-order valence-corrected chi connectivity index (χ2v) is 5.22. The summed E-state index contributed by atoms with van der Waals surface area (Å²) < 4.78 is 0. The molecule has 0 aromatic carbocycles. The molecule has 0 aliphatic carbocycles. The molecule has 0 nitrogen and oxygen atoms in total. The Morgan fingerprint density at radius 3 is 1.94 bits per heavy atom. The highest BCUT2D eigenvalue weighted by molar-refractivity contribution is 4.72. The Labute approximate surface area is 109 Å². The predicted octanol–water partition coefficient (Wildman–Crippen LogP) is 6.14. The van der Waals surface area contributed by atoms with E-state index in [1.165, 1.54) is 57.8 Å². The third kappa shape index (κ3) is 9.21. The van der Waals surface area contributed by atoms with Crippen LogP contribution in [0.15, 0.2) is 25.3 Å². The minimum absolute atomic E-state index is 0.914. The van der Waals surface area contributed by atoms with Crippen LogP contribution in [0.3, 0.4) is 0 Å². The second kappa shape index (κ2) is 12.0. The van der Waals surface area contributed by atoms with Crippen molar-refractivity contribution >= 4 is 0 Å². The maximum atomic E-state index is 3.83. The smallest absolute Gasteiger partial charge is 0.0351 e. The molecule has 0 saturated heterocycles. The predicted molar refractivity (Wildman–Crippen MR) is 80.3 cm³/mol. The van der Waals surface area contributed by atoms with Crippen LogP contribution in [0.4, 0.5) is 0 Å². The van der Waals surface area contributed by atoms with Gasteiger partial charge in [-0.05, 0) is 43.9 Å². The van der Waals surface area contributed by atoms with Gasteiger partial charge in [-0.3, -0.25) is 0 Å². The summed E-state index contributed by atoms with van der Waals surface area (Å²) in [6.07, 6.45) is 16.0. The van der Waals surface area contributed by atoms with Gasteiger partial charge in [-0.15, -0.1) is 13.2 Å². The average Bonchev–Trinajstić information content (AvgIpc) is 2.37. The molecule has 0 aromatic rings. The molecule has 0 heteroatoms. The standard InChI is InChI=1S/C17H32/c1-5-9-11-12-14-17(8-4)15-16(7-3)13-10-6-2/h5-6,16-17H,1-2,7-15H2,3-4H3. The summed E-state index contributed by atoms with van der Waals surface area (Å²) in [5.74, 6) is 1.85. The largest absolute Gasteiger partial charge is 0.103 e. The van der Waals surface area contributed by atoms with Crippen molar-refractivity contribution in [3.8, 4) is 0 Å². The van der Waals surface area contributed by atoms with Gasteiger partial charge in [0.05, 0.1) is 0 Å². The lowest BCUT2D eigenvalue weighted by molar-refractivity contribution is 0.317. The lowest BCUT2D eigenvalue weighted by Crippen LogP contribution is -2.08. The first kappa shape index (κ1) is 16.5. The van der Waals surface area contributed by atoms with Gasteiger partial charge >= 0.3 is 0 Å². The van der Waals surface area contributed by atoms with E-state index in [9.17, 15) is 0 Å². The average molecular weight is 236 g/mol. The van der Waals surface area contributed by atoms with E-state index in [4.69, 9.17) is 0 Å². The lowest BCUT2D eigenvalue weighted by atomic mass is 9.85. The van der Waals surface area contributed by atoms with E-state index in [0.717, 1.165) is 11.8 Å². The Morgan fingerprint density at radius 2 is 1.41 bits per heavy atom. The van der Waals surface area contributed by atoms with Crippen molar-refractivity contribution in [1.29, 1.82) is 0 Å². The number of unbranched alkanes of at least 4 members (excludes halogenated alkanes) is 2. The second-order valence-electron chi connectivity index (χ2n) is 5.22. The summed E-state index contributed by atoms with van der Waals surface area (Å²) in [6, 6.07) is 0. The highest BCUT2D eigenvalue weighted by Gasteiger charge is 2.13. The van der Waals surface area contributed by atoms with E-state index in [1.54, 1.807) is 0 Å². The van der Waals surface area contributed by atoms with Crippen molar-refractivity contribution in [3.63, 3.8) is 0 Å². The molecule has 100 valence electrons. The van der Waals surface area contributed by atoms with Gasteiger partial charge in [0, 0.05) is 0 Å². The molecule has 0 fully saturated rings. The van der Waals surface area contributed by atoms with Crippen LogP contribution in [0, 0.1) is 11.8 Å². The Bertz CT molecular complexity index is 180. The number of hydrogen-bond donors (Lipinski definition) is 0. The molecule has 0 aliphatic rings. The Morgan fingerprint density at radius 1 is 0.824 bits per heavy atom. The van der Waals surface area contributed by atoms with Crippen molar-refractivity contribution < 1.29 is 0 Å². The first-order chi connectivity index (χ1) is 8.28. The zero-order chi connectivity index (χ0) is 12.9. The molecule has 17 heavy (non-hydrogen) atoms. The lowest BCUT2D eigenvalue weighted by Gasteiger charge is -2.21. The molecule has 0 saturated carbocycles. The SMILES string of the molecule is C=CCCCCC(CC)CC(CC)CCC=C. The third-order valence-electron chi connectivity index (χ3n) is 3.87. The van der Waals surface area contributed by atoms with E-state index < -0.39 is 0 Å². The van der Waals surface area contributed by atoms with Crippen LogP contribution >= 0.6 is 0 Å². The van der Waals surface area contributed by atoms with E-state index >= 15 is 0 Å². The zero-order valence-electron chi connectivity index (χ0n) is 12.1. The van der Waals surface area contributed by atoms with Crippen LogP contribution in [0.1, 0.15) is 71.6 Å². The summed E-state index contributed by atoms with van der Waals surface area (Å²) >= 11 is 0. The molecular weight excluding hydrogens is 204 g/mol. The zero-order valence-corrected chi connectivity index (χ0v) is 12.1. The molecule has 0 radical (unpaired) electrons. The molecule has 0 rings (SSSR count). The molecule has 0 aromatic heterocycles. The van der Waals surface area contributed by atoms with E-state index in [0.29, 0.717) is 0 Å². The maximum absolute atomic E-state index is 3.83. The van der Waals surface area contributed by atoms with Gasteiger partial charge in [-0.2, -0.15) is 0 Å². The summed E-state index contributed by atoms with van der Waals surface area (Å²) in [7, 11) is 0. The molecular formula is C17H32. The van der Waals surface area contributed by atoms with E-state index in [1.807, 2.05) is 6.08 Å². The summed E-state index contributed by atoms with van der Waals surface area (Å²) in [6.45, 7) is 12.3. The minimum Gasteiger partial charge on any atom is -0.103 e. The van der Waals surface area contributed by atoms with Crippen molar-refractivity contribution in [2.75, 3.05) is 0 Å². The van der Waals surface area contributed by atoms with Crippen LogP contribution in [0.5, 0.6) is 0 Å². The monoisotopic (exact) mass is 236 g/mol. The third-order valence-corrected chi connectivity index (χ3v) is 3.87. The fraction of sp³-hybridized carbons (Fsp3) is 0.765. The number of rotatable bonds is 12. The first-order valence-electron chi connectivity index (χ1n) is 7.50. The molecule has 2 atom stereocenters. The fourth-order valence-electron chi connectivity index (χ4n) is 2.52. The van der Waals surface area contributed by atoms with E-state index in [-0.39, 0.29) is 0 Å². The molecule has 0 aliphatic heterocycles. The Kier molecular flexibility index (Phi) is 11.6. The van der Waals surface area contributed by atoms with Crippen LogP contribution in [-0.4, -0.2) is 0 Å². The molecule has 0 heterocycles. The number of allylic oxidation sites excluding steroid dienone is 2. The van der Waals surface area contributed by atoms with Gasteiger partial charge in [0.1, 0.15) is 0 Å². The topological polar surface area (TPSA) is 0 Å². The van der Waals surface area contributed by atoms with Crippen molar-refractivity contribution in [2.45, 2.75) is 71.6 Å². The van der Waals surface area contributed by atoms with Crippen molar-refractivity contribution in [2.24, 2.45) is 11.8 Å². The van der Waals surface area contributed by atoms with Gasteiger partial charge in [0.25, 0.3) is 0 Å². The summed E-state index contributed by atoms with van der Waals surface area (Å²) in [4.78, 5) is 0. The van der Waals surface area contributed by atoms with Gasteiger partial charge in [-0.1, -0.05) is 51.7 Å². The van der Waals surface area contributed by atoms with Crippen molar-refractivity contribution in [3.05, 3.63) is 25.3 Å². The van der Waals surface area contributed by atoms with E-state index in [2.05, 4.69) is 33.1 Å². The molecule has 0 spiro atoms. The van der Waals surface area contributed by atoms with Crippen LogP contribution < -0.4 is 0 Å². The quantitative estimate of drug-likeness (QED) is 0.282. The van der Waals surface area contributed by atoms with Gasteiger partial charge in [0.2, 0.25) is 0 Å². The van der Waals surface area contributed by atoms with Crippen LogP contribution in [0.25, 0.3) is 0 Å². The van der Waals surface area contributed by atoms with Gasteiger partial charge in [-0.25, -0.2) is 0 Å². The van der Waals surface area contributed by atoms with Gasteiger partial charge < -0.3 is 0 Å². The highest BCUT2D eigenvalue weighted by Crippen LogP contribution is 2.26. The molecule has 0 N–H and O–H groups in total. The van der Waals surface area contributed by atoms with Crippen LogP contribution in [0.2, 0.25) is 0 Å². The Balaban J connectivity index is 3.81. The summed E-state index contributed by atoms with van der Waals surface area (Å²) in [5, 5.41) is 0. The fourth-order valence-corrected chi connectivity index (χ4v) is 2.52. The Hall–Kier alpha value is -0.520. The minimum atomic E-state index is 0.914. The molecule has 2 unspecified atom stereocenters. The van der Waals surface area contributed by atoms with Gasteiger partial charge in [0.15, 0.2) is 0 Å². The van der Waals surface area contributed by atoms with Crippen LogP contribution in [-0.2, 0) is 0 Å². The number of hydrogen-bond acceptors (Lipinski definition) is 0. The first-order valence-corrected chi connectivity index (χ1v) is 7.50. The van der Waals surface area contributed by atoms with Crippen molar-refractivity contribution in [1.82, 2.24) is 0 Å². The molecule has 0 bridgehead atoms. The summed E-state index contributed by atoms with van der Waals surface area (Å²) in [5.41, 5.74) is 0. The maximum Gasteiger partial charge on any atom is -0.0351 e. The highest BCUT2D eigenvalue weighted by atomic mass is 14.2.